The molecule has 8 aromatic carbocycles. The van der Waals surface area contributed by atoms with Gasteiger partial charge in [0, 0.05) is 40.1 Å². The maximum absolute atomic E-state index is 4.54. The fraction of sp³-hybridized carbons (Fsp3) is 0.129. The van der Waals surface area contributed by atoms with Crippen LogP contribution in [0.4, 0.5) is 39.8 Å². The summed E-state index contributed by atoms with van der Waals surface area (Å²) in [7, 11) is 0. The fourth-order valence-corrected chi connectivity index (χ4v) is 10.1. The van der Waals surface area contributed by atoms with Crippen LogP contribution in [-0.4, -0.2) is 6.54 Å². The van der Waals surface area contributed by atoms with Gasteiger partial charge in [0.15, 0.2) is 0 Å². The van der Waals surface area contributed by atoms with Crippen molar-refractivity contribution in [2.75, 3.05) is 21.7 Å². The molecular weight excluding hydrogens is 787 g/mol. The van der Waals surface area contributed by atoms with Gasteiger partial charge in [0.05, 0.1) is 17.1 Å². The molecule has 318 valence electrons. The van der Waals surface area contributed by atoms with Crippen LogP contribution in [-0.2, 0) is 11.8 Å². The number of para-hydroxylation sites is 5. The van der Waals surface area contributed by atoms with Crippen LogP contribution < -0.4 is 15.1 Å². The van der Waals surface area contributed by atoms with Crippen molar-refractivity contribution in [1.29, 1.82) is 0 Å². The van der Waals surface area contributed by atoms with Gasteiger partial charge < -0.3 is 15.1 Å². The molecule has 1 aliphatic carbocycles. The molecule has 8 aromatic rings. The average molecular weight is 842 g/mol. The standard InChI is InChI=1S/C62H55N3/c1-6-51-54-36-35-50(64-42-44(3)39-47-19-13-17-27-59(47)64)41-57(54)62(4,5)56(51)40-43(2)29-30-45-31-33-46(34-32-45)52-37-38-60(55-25-15-14-24-53(52)55)65(49-22-11-8-12-23-49)61-28-18-16-26-58(61)63-48-20-9-7-10-21-48/h6-38,40-41,44,63H,2,39,42H2,1,3-5H3/b30-29+,51-6-,56-40+. The van der Waals surface area contributed by atoms with Gasteiger partial charge >= 0.3 is 0 Å². The van der Waals surface area contributed by atoms with Crippen LogP contribution in [0.5, 0.6) is 0 Å². The Balaban J connectivity index is 0.919. The lowest BCUT2D eigenvalue weighted by Crippen LogP contribution is -2.30. The van der Waals surface area contributed by atoms with Crippen molar-refractivity contribution in [3.05, 3.63) is 246 Å². The Morgan fingerprint density at radius 1 is 0.692 bits per heavy atom. The molecule has 0 radical (unpaired) electrons. The first kappa shape index (κ1) is 41.4. The lowest BCUT2D eigenvalue weighted by molar-refractivity contribution is 0.562. The maximum Gasteiger partial charge on any atom is 0.0696 e. The topological polar surface area (TPSA) is 18.5 Å². The van der Waals surface area contributed by atoms with Crippen molar-refractivity contribution >= 4 is 62.2 Å². The number of fused-ring (bicyclic) bond motifs is 3. The molecule has 2 aliphatic rings. The summed E-state index contributed by atoms with van der Waals surface area (Å²) in [6, 6.07) is 67.7. The summed E-state index contributed by atoms with van der Waals surface area (Å²) in [5.41, 5.74) is 19.0. The van der Waals surface area contributed by atoms with Gasteiger partial charge in [0.1, 0.15) is 0 Å². The van der Waals surface area contributed by atoms with Gasteiger partial charge in [-0.15, -0.1) is 0 Å². The van der Waals surface area contributed by atoms with Crippen LogP contribution >= 0.6 is 0 Å². The molecule has 0 bridgehead atoms. The number of hydrogen-bond acceptors (Lipinski definition) is 3. The number of allylic oxidation sites excluding steroid dienone is 6. The molecule has 0 aromatic heterocycles. The number of nitrogens with one attached hydrogen (secondary N) is 1. The van der Waals surface area contributed by atoms with Gasteiger partial charge in [-0.25, -0.2) is 0 Å². The third-order valence-electron chi connectivity index (χ3n) is 13.3. The van der Waals surface area contributed by atoms with Gasteiger partial charge in [-0.2, -0.15) is 0 Å². The van der Waals surface area contributed by atoms with E-state index in [1.165, 1.54) is 61.1 Å². The minimum absolute atomic E-state index is 0.175. The number of nitrogens with zero attached hydrogens (tertiary/aromatic N) is 2. The van der Waals surface area contributed by atoms with Crippen molar-refractivity contribution in [2.24, 2.45) is 5.92 Å². The first-order valence-electron chi connectivity index (χ1n) is 22.9. The first-order valence-corrected chi connectivity index (χ1v) is 22.9. The molecule has 0 spiro atoms. The second kappa shape index (κ2) is 17.5. The van der Waals surface area contributed by atoms with E-state index in [9.17, 15) is 0 Å². The van der Waals surface area contributed by atoms with Crippen LogP contribution in [0, 0.1) is 5.92 Å². The SMILES string of the molecule is C=C(/C=C1\C(=C/C)c2ccc(N3CC(C)Cc4ccccc43)cc2C1(C)C)/C=C/c1ccc(-c2ccc(N(c3ccccc3)c3ccccc3Nc3ccccc3)c3ccccc23)cc1. The van der Waals surface area contributed by atoms with Crippen LogP contribution in [0.2, 0.25) is 0 Å². The lowest BCUT2D eigenvalue weighted by Gasteiger charge is -2.35. The smallest absolute Gasteiger partial charge is 0.0696 e. The molecule has 0 fully saturated rings. The van der Waals surface area contributed by atoms with Crippen LogP contribution in [0.3, 0.4) is 0 Å². The molecule has 1 atom stereocenters. The Morgan fingerprint density at radius 3 is 2.15 bits per heavy atom. The molecule has 0 saturated heterocycles. The van der Waals surface area contributed by atoms with Crippen LogP contribution in [0.25, 0.3) is 33.5 Å². The van der Waals surface area contributed by atoms with Crippen molar-refractivity contribution in [3.63, 3.8) is 0 Å². The van der Waals surface area contributed by atoms with E-state index in [1.807, 2.05) is 6.07 Å². The highest BCUT2D eigenvalue weighted by Gasteiger charge is 2.38. The lowest BCUT2D eigenvalue weighted by atomic mass is 9.81. The Bertz CT molecular complexity index is 3130. The number of rotatable bonds is 10. The largest absolute Gasteiger partial charge is 0.354 e. The molecule has 1 heterocycles. The predicted molar refractivity (Wildman–Crippen MR) is 279 cm³/mol. The van der Waals surface area contributed by atoms with Crippen molar-refractivity contribution < 1.29 is 0 Å². The molecule has 1 aliphatic heterocycles. The summed E-state index contributed by atoms with van der Waals surface area (Å²) in [4.78, 5) is 4.89. The van der Waals surface area contributed by atoms with Gasteiger partial charge in [0.2, 0.25) is 0 Å². The summed E-state index contributed by atoms with van der Waals surface area (Å²) in [6.07, 6.45) is 10.0. The quantitative estimate of drug-likeness (QED) is 0.138. The second-order valence-electron chi connectivity index (χ2n) is 18.1. The van der Waals surface area contributed by atoms with E-state index in [1.54, 1.807) is 0 Å². The molecule has 65 heavy (non-hydrogen) atoms. The molecule has 3 heteroatoms. The third kappa shape index (κ3) is 8.00. The van der Waals surface area contributed by atoms with Gasteiger partial charge in [0.25, 0.3) is 0 Å². The Labute approximate surface area is 385 Å². The highest BCUT2D eigenvalue weighted by Crippen LogP contribution is 2.52. The maximum atomic E-state index is 4.54. The zero-order valence-electron chi connectivity index (χ0n) is 37.8. The van der Waals surface area contributed by atoms with E-state index in [0.29, 0.717) is 5.92 Å². The van der Waals surface area contributed by atoms with Crippen LogP contribution in [0.1, 0.15) is 49.9 Å². The molecular formula is C62H55N3. The Kier molecular flexibility index (Phi) is 11.1. The normalized spacial score (nSPS) is 16.5. The van der Waals surface area contributed by atoms with Gasteiger partial charge in [-0.3, -0.25) is 0 Å². The molecule has 0 saturated carbocycles. The zero-order chi connectivity index (χ0) is 44.5. The average Bonchev–Trinajstić information content (AvgIpc) is 3.55. The second-order valence-corrected chi connectivity index (χ2v) is 18.1. The molecule has 1 unspecified atom stereocenters. The monoisotopic (exact) mass is 841 g/mol. The van der Waals surface area contributed by atoms with Gasteiger partial charge in [-0.1, -0.05) is 179 Å². The molecule has 10 rings (SSSR count). The summed E-state index contributed by atoms with van der Waals surface area (Å²) in [5.74, 6) is 0.597. The predicted octanol–water partition coefficient (Wildman–Crippen LogP) is 16.9. The first-order chi connectivity index (χ1) is 31.8. The highest BCUT2D eigenvalue weighted by molar-refractivity contribution is 6.07. The zero-order valence-corrected chi connectivity index (χ0v) is 37.8. The highest BCUT2D eigenvalue weighted by atomic mass is 15.2. The number of anilines is 7. The third-order valence-corrected chi connectivity index (χ3v) is 13.3. The van der Waals surface area contributed by atoms with Crippen molar-refractivity contribution in [2.45, 2.75) is 39.5 Å². The summed E-state index contributed by atoms with van der Waals surface area (Å²) >= 11 is 0. The van der Waals surface area contributed by atoms with Crippen molar-refractivity contribution in [1.82, 2.24) is 0 Å². The van der Waals surface area contributed by atoms with Crippen LogP contribution in [0.15, 0.2) is 224 Å². The molecule has 1 N–H and O–H groups in total. The van der Waals surface area contributed by atoms with E-state index in [2.05, 4.69) is 256 Å². The minimum Gasteiger partial charge on any atom is -0.354 e. The van der Waals surface area contributed by atoms with E-state index in [0.717, 1.165) is 52.5 Å². The van der Waals surface area contributed by atoms with E-state index in [4.69, 9.17) is 0 Å². The fourth-order valence-electron chi connectivity index (χ4n) is 10.1. The minimum atomic E-state index is -0.175. The van der Waals surface area contributed by atoms with E-state index >= 15 is 0 Å². The molecule has 3 nitrogen and oxygen atoms in total. The number of benzene rings is 8. The van der Waals surface area contributed by atoms with E-state index in [-0.39, 0.29) is 5.41 Å². The summed E-state index contributed by atoms with van der Waals surface area (Å²) in [6.45, 7) is 14.8. The van der Waals surface area contributed by atoms with Crippen molar-refractivity contribution in [3.8, 4) is 11.1 Å². The molecule has 0 amide bonds. The summed E-state index contributed by atoms with van der Waals surface area (Å²) < 4.78 is 0. The Morgan fingerprint density at radius 2 is 1.37 bits per heavy atom. The van der Waals surface area contributed by atoms with E-state index < -0.39 is 0 Å². The number of hydrogen-bond donors (Lipinski definition) is 1. The Hall–Kier alpha value is -7.62. The summed E-state index contributed by atoms with van der Waals surface area (Å²) in [5, 5.41) is 6.06. The van der Waals surface area contributed by atoms with Gasteiger partial charge in [-0.05, 0) is 135 Å².